The van der Waals surface area contributed by atoms with Crippen LogP contribution in [0.25, 0.3) is 0 Å². The minimum absolute atomic E-state index is 0.722. The Balaban J connectivity index is 1.34. The fourth-order valence-electron chi connectivity index (χ4n) is 6.95. The largest absolute Gasteiger partial charge is 0.337 e. The molecule has 0 spiro atoms. The van der Waals surface area contributed by atoms with E-state index in [9.17, 15) is 0 Å². The van der Waals surface area contributed by atoms with Crippen molar-refractivity contribution >= 4 is 34.1 Å². The van der Waals surface area contributed by atoms with Gasteiger partial charge >= 0.3 is 0 Å². The van der Waals surface area contributed by atoms with E-state index in [2.05, 4.69) is 220 Å². The van der Waals surface area contributed by atoms with Gasteiger partial charge in [-0.3, -0.25) is 0 Å². The Labute approximate surface area is 322 Å². The first-order valence-electron chi connectivity index (χ1n) is 19.0. The van der Waals surface area contributed by atoms with E-state index >= 15 is 0 Å². The predicted molar refractivity (Wildman–Crippen MR) is 231 cm³/mol. The van der Waals surface area contributed by atoms with Crippen molar-refractivity contribution in [2.75, 3.05) is 14.7 Å². The second kappa shape index (κ2) is 16.3. The Morgan fingerprint density at radius 2 is 0.500 bits per heavy atom. The SMILES string of the molecule is Cc1ccc(N(Cc2ccc(CN(c3ccc(C)cc3)c3ccc(C)cc3)c(CN(c3ccc(C)cc3)c3ccc(C)cc3)c2)c2ccc(C)cc2)cc1. The van der Waals surface area contributed by atoms with Gasteiger partial charge in [-0.05, 0) is 131 Å². The molecule has 0 aliphatic carbocycles. The molecule has 0 aliphatic rings. The van der Waals surface area contributed by atoms with Gasteiger partial charge in [0.05, 0.1) is 0 Å². The molecular weight excluding hydrogens is 655 g/mol. The van der Waals surface area contributed by atoms with Crippen LogP contribution in [0.5, 0.6) is 0 Å². The first kappa shape index (κ1) is 36.3. The highest BCUT2D eigenvalue weighted by atomic mass is 15.2. The van der Waals surface area contributed by atoms with Crippen molar-refractivity contribution in [3.8, 4) is 0 Å². The summed E-state index contributed by atoms with van der Waals surface area (Å²) < 4.78 is 0. The molecule has 0 saturated carbocycles. The molecule has 7 rings (SSSR count). The number of hydrogen-bond donors (Lipinski definition) is 0. The van der Waals surface area contributed by atoms with Crippen molar-refractivity contribution in [2.24, 2.45) is 0 Å². The van der Waals surface area contributed by atoms with Crippen molar-refractivity contribution in [1.29, 1.82) is 0 Å². The summed E-state index contributed by atoms with van der Waals surface area (Å²) in [5.41, 5.74) is 18.5. The Hall–Kier alpha value is -6.06. The van der Waals surface area contributed by atoms with Crippen LogP contribution in [-0.2, 0) is 19.6 Å². The molecule has 0 amide bonds. The highest BCUT2D eigenvalue weighted by Crippen LogP contribution is 2.34. The molecule has 0 radical (unpaired) electrons. The van der Waals surface area contributed by atoms with E-state index in [4.69, 9.17) is 0 Å². The summed E-state index contributed by atoms with van der Waals surface area (Å²) in [5.74, 6) is 0. The fraction of sp³-hybridized carbons (Fsp3) is 0.176. The van der Waals surface area contributed by atoms with Gasteiger partial charge < -0.3 is 14.7 Å². The number of aryl methyl sites for hydroxylation is 6. The Morgan fingerprint density at radius 3 is 0.778 bits per heavy atom. The van der Waals surface area contributed by atoms with Crippen molar-refractivity contribution in [1.82, 2.24) is 0 Å². The molecule has 0 atom stereocenters. The van der Waals surface area contributed by atoms with Gasteiger partial charge in [0.15, 0.2) is 0 Å². The fourth-order valence-corrected chi connectivity index (χ4v) is 6.95. The van der Waals surface area contributed by atoms with Crippen LogP contribution in [0.3, 0.4) is 0 Å². The highest BCUT2D eigenvalue weighted by molar-refractivity contribution is 5.68. The zero-order valence-corrected chi connectivity index (χ0v) is 32.6. The van der Waals surface area contributed by atoms with Crippen LogP contribution >= 0.6 is 0 Å². The molecule has 0 N–H and O–H groups in total. The summed E-state index contributed by atoms with van der Waals surface area (Å²) in [5, 5.41) is 0. The third-order valence-corrected chi connectivity index (χ3v) is 10.3. The van der Waals surface area contributed by atoms with Crippen LogP contribution in [0.2, 0.25) is 0 Å². The van der Waals surface area contributed by atoms with E-state index in [1.54, 1.807) is 0 Å². The average molecular weight is 706 g/mol. The monoisotopic (exact) mass is 705 g/mol. The smallest absolute Gasteiger partial charge is 0.0485 e. The van der Waals surface area contributed by atoms with Crippen molar-refractivity contribution < 1.29 is 0 Å². The number of benzene rings is 7. The van der Waals surface area contributed by atoms with Crippen LogP contribution in [0.4, 0.5) is 34.1 Å². The first-order chi connectivity index (χ1) is 26.2. The summed E-state index contributed by atoms with van der Waals surface area (Å²) in [6.45, 7) is 15.1. The van der Waals surface area contributed by atoms with Gasteiger partial charge in [0.1, 0.15) is 0 Å². The number of hydrogen-bond acceptors (Lipinski definition) is 3. The van der Waals surface area contributed by atoms with Crippen LogP contribution in [0, 0.1) is 41.5 Å². The Kier molecular flexibility index (Phi) is 11.0. The lowest BCUT2D eigenvalue weighted by Crippen LogP contribution is -2.22. The number of nitrogens with zero attached hydrogens (tertiary/aromatic N) is 3. The second-order valence-corrected chi connectivity index (χ2v) is 14.9. The quantitative estimate of drug-likeness (QED) is 0.125. The van der Waals surface area contributed by atoms with E-state index in [1.807, 2.05) is 0 Å². The van der Waals surface area contributed by atoms with E-state index in [0.717, 1.165) is 19.6 Å². The third kappa shape index (κ3) is 8.76. The van der Waals surface area contributed by atoms with Crippen LogP contribution in [0.15, 0.2) is 164 Å². The van der Waals surface area contributed by atoms with Gasteiger partial charge in [0.25, 0.3) is 0 Å². The molecule has 3 heteroatoms. The maximum Gasteiger partial charge on any atom is 0.0485 e. The number of anilines is 6. The lowest BCUT2D eigenvalue weighted by atomic mass is 10.00. The third-order valence-electron chi connectivity index (χ3n) is 10.3. The lowest BCUT2D eigenvalue weighted by Gasteiger charge is -2.30. The van der Waals surface area contributed by atoms with Gasteiger partial charge in [-0.2, -0.15) is 0 Å². The Morgan fingerprint density at radius 1 is 0.259 bits per heavy atom. The minimum Gasteiger partial charge on any atom is -0.337 e. The highest BCUT2D eigenvalue weighted by Gasteiger charge is 2.19. The van der Waals surface area contributed by atoms with Gasteiger partial charge in [0.2, 0.25) is 0 Å². The summed E-state index contributed by atoms with van der Waals surface area (Å²) in [7, 11) is 0. The maximum atomic E-state index is 2.46. The Bertz CT molecular complexity index is 2130. The molecule has 0 unspecified atom stereocenters. The lowest BCUT2D eigenvalue weighted by molar-refractivity contribution is 0.895. The summed E-state index contributed by atoms with van der Waals surface area (Å²) >= 11 is 0. The summed E-state index contributed by atoms with van der Waals surface area (Å²) in [6, 6.07) is 60.6. The predicted octanol–water partition coefficient (Wildman–Crippen LogP) is 13.6. The van der Waals surface area contributed by atoms with E-state index in [1.165, 1.54) is 84.2 Å². The number of rotatable bonds is 12. The van der Waals surface area contributed by atoms with Gasteiger partial charge in [-0.15, -0.1) is 0 Å². The molecule has 7 aromatic rings. The van der Waals surface area contributed by atoms with E-state index in [-0.39, 0.29) is 0 Å². The molecule has 0 heterocycles. The zero-order chi connectivity index (χ0) is 37.6. The molecule has 7 aromatic carbocycles. The van der Waals surface area contributed by atoms with Crippen LogP contribution < -0.4 is 14.7 Å². The second-order valence-electron chi connectivity index (χ2n) is 14.9. The normalized spacial score (nSPS) is 11.0. The summed E-state index contributed by atoms with van der Waals surface area (Å²) in [6.07, 6.45) is 0. The van der Waals surface area contributed by atoms with Gasteiger partial charge in [-0.25, -0.2) is 0 Å². The topological polar surface area (TPSA) is 9.72 Å². The molecular formula is C51H51N3. The van der Waals surface area contributed by atoms with Crippen LogP contribution in [0.1, 0.15) is 50.1 Å². The average Bonchev–Trinajstić information content (AvgIpc) is 3.18. The molecule has 0 bridgehead atoms. The first-order valence-corrected chi connectivity index (χ1v) is 19.0. The zero-order valence-electron chi connectivity index (χ0n) is 32.6. The van der Waals surface area contributed by atoms with Crippen molar-refractivity contribution in [3.63, 3.8) is 0 Å². The molecule has 0 saturated heterocycles. The molecule has 54 heavy (non-hydrogen) atoms. The minimum atomic E-state index is 0.722. The van der Waals surface area contributed by atoms with Crippen molar-refractivity contribution in [2.45, 2.75) is 61.2 Å². The van der Waals surface area contributed by atoms with Crippen LogP contribution in [-0.4, -0.2) is 0 Å². The molecule has 0 aliphatic heterocycles. The van der Waals surface area contributed by atoms with Crippen molar-refractivity contribution in [3.05, 3.63) is 214 Å². The molecule has 0 aromatic heterocycles. The molecule has 270 valence electrons. The molecule has 3 nitrogen and oxygen atoms in total. The molecule has 0 fully saturated rings. The van der Waals surface area contributed by atoms with Gasteiger partial charge in [0, 0.05) is 53.8 Å². The summed E-state index contributed by atoms with van der Waals surface area (Å²) in [4.78, 5) is 7.34. The standard InChI is InChI=1S/C51H51N3/c1-37-7-21-46(22-8-37)52(47-23-9-38(2)10-24-47)34-43-19-20-44(35-53(48-25-11-39(3)12-26-48)49-27-13-40(4)14-28-49)45(33-43)36-54(50-29-15-41(5)16-30-50)51-31-17-42(6)18-32-51/h7-33H,34-36H2,1-6H3. The van der Waals surface area contributed by atoms with Gasteiger partial charge in [-0.1, -0.05) is 124 Å². The van der Waals surface area contributed by atoms with E-state index < -0.39 is 0 Å². The maximum absolute atomic E-state index is 2.46. The van der Waals surface area contributed by atoms with E-state index in [0.29, 0.717) is 0 Å².